The second kappa shape index (κ2) is 7.58. The topological polar surface area (TPSA) is 52.3 Å². The lowest BCUT2D eigenvalue weighted by Crippen LogP contribution is -2.33. The molecule has 0 saturated carbocycles. The van der Waals surface area contributed by atoms with Crippen molar-refractivity contribution in [2.75, 3.05) is 6.26 Å². The number of hydrogen-bond donors (Lipinski definition) is 0. The van der Waals surface area contributed by atoms with Crippen LogP contribution in [0.3, 0.4) is 0 Å². The molecular formula is C21H22N4OS3. The first kappa shape index (κ1) is 19.4. The Bertz CT molecular complexity index is 1190. The molecular weight excluding hydrogens is 420 g/mol. The van der Waals surface area contributed by atoms with E-state index in [0.29, 0.717) is 6.61 Å². The highest BCUT2D eigenvalue weighted by molar-refractivity contribution is 7.99. The molecule has 5 nitrogen and oxygen atoms in total. The summed E-state index contributed by atoms with van der Waals surface area (Å²) < 4.78 is 8.29. The fourth-order valence-corrected chi connectivity index (χ4v) is 6.34. The molecule has 8 heteroatoms. The van der Waals surface area contributed by atoms with E-state index in [2.05, 4.69) is 59.0 Å². The van der Waals surface area contributed by atoms with Gasteiger partial charge in [0, 0.05) is 17.1 Å². The van der Waals surface area contributed by atoms with E-state index in [-0.39, 0.29) is 5.60 Å². The summed E-state index contributed by atoms with van der Waals surface area (Å²) in [5.74, 6) is 0.858. The Morgan fingerprint density at radius 1 is 1.21 bits per heavy atom. The lowest BCUT2D eigenvalue weighted by molar-refractivity contribution is -0.0542. The summed E-state index contributed by atoms with van der Waals surface area (Å²) in [6.45, 7) is 5.05. The van der Waals surface area contributed by atoms with Crippen molar-refractivity contribution in [1.29, 1.82) is 0 Å². The molecule has 150 valence electrons. The van der Waals surface area contributed by atoms with Gasteiger partial charge in [0.25, 0.3) is 0 Å². The Morgan fingerprint density at radius 3 is 2.79 bits per heavy atom. The summed E-state index contributed by atoms with van der Waals surface area (Å²) in [4.78, 5) is 7.31. The number of rotatable bonds is 5. The number of ether oxygens (including phenoxy) is 1. The van der Waals surface area contributed by atoms with Gasteiger partial charge in [0.1, 0.15) is 4.83 Å². The van der Waals surface area contributed by atoms with Crippen LogP contribution in [0.5, 0.6) is 0 Å². The van der Waals surface area contributed by atoms with Crippen molar-refractivity contribution in [3.8, 4) is 0 Å². The van der Waals surface area contributed by atoms with Crippen molar-refractivity contribution >= 4 is 50.7 Å². The van der Waals surface area contributed by atoms with E-state index in [4.69, 9.17) is 9.72 Å². The van der Waals surface area contributed by atoms with Crippen molar-refractivity contribution < 1.29 is 4.74 Å². The number of benzene rings is 1. The van der Waals surface area contributed by atoms with Crippen LogP contribution in [0.4, 0.5) is 0 Å². The minimum absolute atomic E-state index is 0.124. The van der Waals surface area contributed by atoms with E-state index in [1.54, 1.807) is 34.9 Å². The van der Waals surface area contributed by atoms with E-state index in [9.17, 15) is 0 Å². The fourth-order valence-electron chi connectivity index (χ4n) is 3.70. The number of fused-ring (bicyclic) bond motifs is 5. The molecule has 1 atom stereocenters. The summed E-state index contributed by atoms with van der Waals surface area (Å²) in [5, 5.41) is 12.2. The predicted molar refractivity (Wildman–Crippen MR) is 121 cm³/mol. The van der Waals surface area contributed by atoms with Gasteiger partial charge in [-0.1, -0.05) is 60.8 Å². The largest absolute Gasteiger partial charge is 0.369 e. The van der Waals surface area contributed by atoms with Gasteiger partial charge in [0.05, 0.1) is 17.6 Å². The Balaban J connectivity index is 1.63. The van der Waals surface area contributed by atoms with Crippen LogP contribution in [0.25, 0.3) is 15.9 Å². The molecule has 1 aliphatic heterocycles. The molecule has 3 aromatic heterocycles. The Morgan fingerprint density at radius 2 is 2.03 bits per heavy atom. The summed E-state index contributed by atoms with van der Waals surface area (Å²) in [6, 6.07) is 10.5. The molecule has 4 aromatic rings. The van der Waals surface area contributed by atoms with Crippen molar-refractivity contribution in [2.45, 2.75) is 55.0 Å². The van der Waals surface area contributed by atoms with Gasteiger partial charge in [-0.15, -0.1) is 21.5 Å². The van der Waals surface area contributed by atoms with Gasteiger partial charge >= 0.3 is 0 Å². The van der Waals surface area contributed by atoms with Crippen LogP contribution in [0.1, 0.15) is 36.3 Å². The van der Waals surface area contributed by atoms with Crippen LogP contribution in [0.2, 0.25) is 0 Å². The average molecular weight is 443 g/mol. The normalized spacial score (nSPS) is 19.1. The molecule has 0 bridgehead atoms. The minimum atomic E-state index is -0.124. The molecule has 0 unspecified atom stereocenters. The number of thiophene rings is 1. The molecule has 0 spiro atoms. The summed E-state index contributed by atoms with van der Waals surface area (Å²) >= 11 is 5.08. The molecule has 0 N–H and O–H groups in total. The lowest BCUT2D eigenvalue weighted by atomic mass is 9.90. The van der Waals surface area contributed by atoms with Crippen LogP contribution < -0.4 is 0 Å². The fraction of sp³-hybridized carbons (Fsp3) is 0.381. The van der Waals surface area contributed by atoms with Gasteiger partial charge in [-0.05, 0) is 30.7 Å². The number of nitrogens with zero attached hydrogens (tertiary/aromatic N) is 4. The molecule has 0 radical (unpaired) electrons. The molecule has 5 rings (SSSR count). The van der Waals surface area contributed by atoms with Gasteiger partial charge in [-0.3, -0.25) is 0 Å². The SMILES string of the molecule is CC[C@@]1(C)Cc2c(sc3nc(SC)n4c(SCc5ccccc5)nnc4c23)CO1. The quantitative estimate of drug-likeness (QED) is 0.296. The van der Waals surface area contributed by atoms with Crippen LogP contribution >= 0.6 is 34.9 Å². The van der Waals surface area contributed by atoms with Gasteiger partial charge in [-0.2, -0.15) is 0 Å². The zero-order valence-corrected chi connectivity index (χ0v) is 19.1. The molecule has 4 heterocycles. The van der Waals surface area contributed by atoms with Crippen LogP contribution in [0, 0.1) is 0 Å². The van der Waals surface area contributed by atoms with E-state index in [1.165, 1.54) is 16.0 Å². The highest BCUT2D eigenvalue weighted by Crippen LogP contribution is 2.42. The predicted octanol–water partition coefficient (Wildman–Crippen LogP) is 5.59. The molecule has 29 heavy (non-hydrogen) atoms. The highest BCUT2D eigenvalue weighted by atomic mass is 32.2. The first-order valence-corrected chi connectivity index (χ1v) is 12.7. The third-order valence-electron chi connectivity index (χ3n) is 5.56. The Hall–Kier alpha value is -1.61. The molecule has 0 aliphatic carbocycles. The Kier molecular flexibility index (Phi) is 5.06. The standard InChI is InChI=1S/C21H22N4OS3/c1-4-21(2)10-14-15(11-26-21)29-18-16(14)17-23-24-20(25(17)19(22-18)27-3)28-12-13-8-6-5-7-9-13/h5-9H,4,10-12H2,1-3H3/t21-/m0/s1. The van der Waals surface area contributed by atoms with Crippen molar-refractivity contribution in [3.05, 3.63) is 46.3 Å². The van der Waals surface area contributed by atoms with Gasteiger partial charge in [0.2, 0.25) is 0 Å². The number of aromatic nitrogens is 4. The van der Waals surface area contributed by atoms with E-state index >= 15 is 0 Å². The van der Waals surface area contributed by atoms with Crippen LogP contribution in [-0.2, 0) is 23.5 Å². The van der Waals surface area contributed by atoms with E-state index < -0.39 is 0 Å². The molecule has 0 saturated heterocycles. The van der Waals surface area contributed by atoms with Crippen LogP contribution in [-0.4, -0.2) is 31.4 Å². The second-order valence-corrected chi connectivity index (χ2v) is 10.3. The van der Waals surface area contributed by atoms with Crippen molar-refractivity contribution in [1.82, 2.24) is 19.6 Å². The summed E-state index contributed by atoms with van der Waals surface area (Å²) in [7, 11) is 0. The Labute approximate surface area is 182 Å². The van der Waals surface area contributed by atoms with Gasteiger partial charge in [-0.25, -0.2) is 9.38 Å². The van der Waals surface area contributed by atoms with Crippen molar-refractivity contribution in [2.24, 2.45) is 0 Å². The zero-order chi connectivity index (χ0) is 20.0. The zero-order valence-electron chi connectivity index (χ0n) is 16.6. The first-order chi connectivity index (χ1) is 14.1. The van der Waals surface area contributed by atoms with Gasteiger partial charge < -0.3 is 4.74 Å². The summed E-state index contributed by atoms with van der Waals surface area (Å²) in [6.07, 6.45) is 3.94. The highest BCUT2D eigenvalue weighted by Gasteiger charge is 2.33. The van der Waals surface area contributed by atoms with E-state index in [0.717, 1.165) is 44.8 Å². The molecule has 1 aliphatic rings. The number of hydrogen-bond acceptors (Lipinski definition) is 7. The van der Waals surface area contributed by atoms with Gasteiger partial charge in [0.15, 0.2) is 16.0 Å². The van der Waals surface area contributed by atoms with E-state index in [1.807, 2.05) is 6.07 Å². The number of thioether (sulfide) groups is 2. The monoisotopic (exact) mass is 442 g/mol. The minimum Gasteiger partial charge on any atom is -0.369 e. The smallest absolute Gasteiger partial charge is 0.198 e. The van der Waals surface area contributed by atoms with Crippen LogP contribution in [0.15, 0.2) is 40.6 Å². The summed E-state index contributed by atoms with van der Waals surface area (Å²) in [5.41, 5.74) is 3.42. The lowest BCUT2D eigenvalue weighted by Gasteiger charge is -2.32. The third kappa shape index (κ3) is 3.36. The first-order valence-electron chi connectivity index (χ1n) is 9.66. The average Bonchev–Trinajstić information content (AvgIpc) is 3.33. The third-order valence-corrected chi connectivity index (χ3v) is 8.30. The molecule has 0 amide bonds. The molecule has 1 aromatic carbocycles. The second-order valence-electron chi connectivity index (χ2n) is 7.47. The maximum atomic E-state index is 6.16. The maximum absolute atomic E-state index is 6.16. The maximum Gasteiger partial charge on any atom is 0.198 e. The van der Waals surface area contributed by atoms with Crippen molar-refractivity contribution in [3.63, 3.8) is 0 Å². The molecule has 0 fully saturated rings.